The van der Waals surface area contributed by atoms with Crippen molar-refractivity contribution < 1.29 is 4.79 Å². The summed E-state index contributed by atoms with van der Waals surface area (Å²) in [6, 6.07) is 10.1. The second-order valence-corrected chi connectivity index (χ2v) is 9.70. The SMILES string of the molecule is Cc1ccccc1-n1nnnc1S[C@@H](C)C(=O)Nc1sc2c(c1C#N)CCCCC2. The van der Waals surface area contributed by atoms with Crippen molar-refractivity contribution in [1.82, 2.24) is 20.2 Å². The number of amides is 1. The van der Waals surface area contributed by atoms with Gasteiger partial charge in [0.25, 0.3) is 0 Å². The summed E-state index contributed by atoms with van der Waals surface area (Å²) in [6.07, 6.45) is 5.33. The molecular formula is C21H22N6OS2. The number of hydrogen-bond acceptors (Lipinski definition) is 7. The third-order valence-electron chi connectivity index (χ3n) is 5.21. The van der Waals surface area contributed by atoms with Gasteiger partial charge in [0, 0.05) is 4.88 Å². The summed E-state index contributed by atoms with van der Waals surface area (Å²) in [5.41, 5.74) is 3.68. The van der Waals surface area contributed by atoms with Gasteiger partial charge < -0.3 is 5.32 Å². The summed E-state index contributed by atoms with van der Waals surface area (Å²) in [5, 5.41) is 25.4. The number of tetrazole rings is 1. The van der Waals surface area contributed by atoms with Crippen LogP contribution in [0.5, 0.6) is 0 Å². The van der Waals surface area contributed by atoms with E-state index in [9.17, 15) is 10.1 Å². The predicted octanol–water partition coefficient (Wildman–Crippen LogP) is 4.29. The fraction of sp³-hybridized carbons (Fsp3) is 0.381. The van der Waals surface area contributed by atoms with Gasteiger partial charge in [-0.1, -0.05) is 36.4 Å². The van der Waals surface area contributed by atoms with E-state index in [-0.39, 0.29) is 5.91 Å². The molecule has 30 heavy (non-hydrogen) atoms. The number of fused-ring (bicyclic) bond motifs is 1. The number of thioether (sulfide) groups is 1. The second kappa shape index (κ2) is 8.98. The minimum absolute atomic E-state index is 0.160. The fourth-order valence-corrected chi connectivity index (χ4v) is 5.62. The van der Waals surface area contributed by atoms with Crippen LogP contribution in [0.2, 0.25) is 0 Å². The summed E-state index contributed by atoms with van der Waals surface area (Å²) in [6.45, 7) is 3.81. The number of benzene rings is 1. The highest BCUT2D eigenvalue weighted by Gasteiger charge is 2.24. The zero-order valence-corrected chi connectivity index (χ0v) is 18.5. The number of rotatable bonds is 5. The maximum Gasteiger partial charge on any atom is 0.238 e. The first-order chi connectivity index (χ1) is 14.6. The zero-order valence-electron chi connectivity index (χ0n) is 16.9. The van der Waals surface area contributed by atoms with E-state index in [2.05, 4.69) is 26.9 Å². The molecule has 0 unspecified atom stereocenters. The van der Waals surface area contributed by atoms with Crippen molar-refractivity contribution in [2.24, 2.45) is 0 Å². The van der Waals surface area contributed by atoms with Crippen LogP contribution in [0.1, 0.15) is 47.8 Å². The number of aryl methyl sites for hydroxylation is 2. The van der Waals surface area contributed by atoms with Crippen molar-refractivity contribution in [3.63, 3.8) is 0 Å². The number of aromatic nitrogens is 4. The Morgan fingerprint density at radius 1 is 1.30 bits per heavy atom. The fourth-order valence-electron chi connectivity index (χ4n) is 3.58. The minimum atomic E-state index is -0.424. The standard InChI is InChI=1S/C21H22N6OS2/c1-13-8-6-7-10-17(13)27-21(24-25-26-27)29-14(2)19(28)23-20-16(12-22)15-9-4-3-5-11-18(15)30-20/h6-8,10,14H,3-5,9,11H2,1-2H3,(H,23,28)/t14-/m0/s1. The van der Waals surface area contributed by atoms with Gasteiger partial charge in [0.2, 0.25) is 11.1 Å². The lowest BCUT2D eigenvalue weighted by atomic mass is 10.1. The van der Waals surface area contributed by atoms with E-state index in [4.69, 9.17) is 0 Å². The van der Waals surface area contributed by atoms with Gasteiger partial charge >= 0.3 is 0 Å². The molecule has 9 heteroatoms. The van der Waals surface area contributed by atoms with E-state index in [0.717, 1.165) is 42.5 Å². The maximum absolute atomic E-state index is 12.9. The molecule has 7 nitrogen and oxygen atoms in total. The van der Waals surface area contributed by atoms with Gasteiger partial charge in [0.1, 0.15) is 11.1 Å². The highest BCUT2D eigenvalue weighted by Crippen LogP contribution is 2.37. The maximum atomic E-state index is 12.9. The average Bonchev–Trinajstić information content (AvgIpc) is 3.24. The van der Waals surface area contributed by atoms with Crippen LogP contribution in [0.4, 0.5) is 5.00 Å². The molecular weight excluding hydrogens is 416 g/mol. The van der Waals surface area contributed by atoms with Gasteiger partial charge in [-0.2, -0.15) is 9.94 Å². The van der Waals surface area contributed by atoms with Crippen LogP contribution in [-0.2, 0) is 17.6 Å². The van der Waals surface area contributed by atoms with Gasteiger partial charge in [-0.15, -0.1) is 16.4 Å². The molecule has 0 fully saturated rings. The first-order valence-electron chi connectivity index (χ1n) is 9.95. The molecule has 1 N–H and O–H groups in total. The third kappa shape index (κ3) is 4.11. The van der Waals surface area contributed by atoms with Crippen molar-refractivity contribution >= 4 is 34.0 Å². The quantitative estimate of drug-likeness (QED) is 0.471. The van der Waals surface area contributed by atoms with E-state index in [1.807, 2.05) is 38.1 Å². The Kier molecular flexibility index (Phi) is 6.16. The van der Waals surface area contributed by atoms with Crippen LogP contribution >= 0.6 is 23.1 Å². The summed E-state index contributed by atoms with van der Waals surface area (Å²) in [4.78, 5) is 14.1. The Balaban J connectivity index is 1.51. The first kappa shape index (κ1) is 20.6. The van der Waals surface area contributed by atoms with E-state index < -0.39 is 5.25 Å². The second-order valence-electron chi connectivity index (χ2n) is 7.29. The zero-order chi connectivity index (χ0) is 21.1. The number of nitrogens with one attached hydrogen (secondary N) is 1. The largest absolute Gasteiger partial charge is 0.316 e. The predicted molar refractivity (Wildman–Crippen MR) is 118 cm³/mol. The normalized spacial score (nSPS) is 14.4. The first-order valence-corrected chi connectivity index (χ1v) is 11.6. The number of carbonyl (C=O) groups is 1. The van der Waals surface area contributed by atoms with Crippen LogP contribution in [0.25, 0.3) is 5.69 Å². The van der Waals surface area contributed by atoms with Gasteiger partial charge in [0.05, 0.1) is 16.5 Å². The van der Waals surface area contributed by atoms with Crippen LogP contribution in [-0.4, -0.2) is 31.4 Å². The molecule has 0 bridgehead atoms. The van der Waals surface area contributed by atoms with Crippen LogP contribution in [0, 0.1) is 18.3 Å². The third-order valence-corrected chi connectivity index (χ3v) is 7.45. The Hall–Kier alpha value is -2.70. The lowest BCUT2D eigenvalue weighted by molar-refractivity contribution is -0.115. The summed E-state index contributed by atoms with van der Waals surface area (Å²) in [5.74, 6) is -0.160. The monoisotopic (exact) mass is 438 g/mol. The Morgan fingerprint density at radius 3 is 2.90 bits per heavy atom. The molecule has 0 aliphatic heterocycles. The molecule has 2 aromatic heterocycles. The molecule has 4 rings (SSSR count). The van der Waals surface area contributed by atoms with E-state index >= 15 is 0 Å². The molecule has 3 aromatic rings. The van der Waals surface area contributed by atoms with Crippen molar-refractivity contribution in [2.75, 3.05) is 5.32 Å². The number of hydrogen-bond donors (Lipinski definition) is 1. The number of nitriles is 1. The number of para-hydroxylation sites is 1. The lowest BCUT2D eigenvalue weighted by Crippen LogP contribution is -2.23. The average molecular weight is 439 g/mol. The van der Waals surface area contributed by atoms with Crippen LogP contribution in [0.15, 0.2) is 29.4 Å². The summed E-state index contributed by atoms with van der Waals surface area (Å²) < 4.78 is 1.65. The number of anilines is 1. The molecule has 1 aliphatic rings. The Labute approximate surface area is 183 Å². The van der Waals surface area contributed by atoms with Crippen molar-refractivity contribution in [2.45, 2.75) is 56.4 Å². The topological polar surface area (TPSA) is 96.5 Å². The van der Waals surface area contributed by atoms with Crippen molar-refractivity contribution in [3.05, 3.63) is 45.8 Å². The minimum Gasteiger partial charge on any atom is -0.316 e. The van der Waals surface area contributed by atoms with E-state index in [1.165, 1.54) is 23.1 Å². The Bertz CT molecular complexity index is 1110. The number of carbonyl (C=O) groups excluding carboxylic acids is 1. The molecule has 1 aliphatic carbocycles. The summed E-state index contributed by atoms with van der Waals surface area (Å²) >= 11 is 2.84. The van der Waals surface area contributed by atoms with Crippen LogP contribution < -0.4 is 5.32 Å². The van der Waals surface area contributed by atoms with Gasteiger partial charge in [0.15, 0.2) is 0 Å². The van der Waals surface area contributed by atoms with Gasteiger partial charge in [-0.05, 0) is 67.2 Å². The molecule has 1 amide bonds. The smallest absolute Gasteiger partial charge is 0.238 e. The summed E-state index contributed by atoms with van der Waals surface area (Å²) in [7, 11) is 0. The van der Waals surface area contributed by atoms with Gasteiger partial charge in [-0.25, -0.2) is 0 Å². The lowest BCUT2D eigenvalue weighted by Gasteiger charge is -2.12. The van der Waals surface area contributed by atoms with Gasteiger partial charge in [-0.3, -0.25) is 4.79 Å². The molecule has 0 spiro atoms. The molecule has 1 aromatic carbocycles. The number of nitrogens with zero attached hydrogens (tertiary/aromatic N) is 5. The molecule has 0 saturated heterocycles. The molecule has 0 saturated carbocycles. The molecule has 154 valence electrons. The molecule has 1 atom stereocenters. The Morgan fingerprint density at radius 2 is 2.10 bits per heavy atom. The van der Waals surface area contributed by atoms with E-state index in [1.54, 1.807) is 16.0 Å². The van der Waals surface area contributed by atoms with E-state index in [0.29, 0.717) is 15.7 Å². The van der Waals surface area contributed by atoms with Crippen molar-refractivity contribution in [1.29, 1.82) is 5.26 Å². The highest BCUT2D eigenvalue weighted by molar-refractivity contribution is 8.00. The van der Waals surface area contributed by atoms with Crippen molar-refractivity contribution in [3.8, 4) is 11.8 Å². The number of thiophene rings is 1. The highest BCUT2D eigenvalue weighted by atomic mass is 32.2. The van der Waals surface area contributed by atoms with Crippen LogP contribution in [0.3, 0.4) is 0 Å². The molecule has 2 heterocycles. The molecule has 0 radical (unpaired) electrons.